The number of ether oxygens (including phenoxy) is 1. The number of rotatable bonds is 5. The molecule has 150 valence electrons. The van der Waals surface area contributed by atoms with Crippen LogP contribution in [0.15, 0.2) is 18.2 Å². The molecule has 0 unspecified atom stereocenters. The molecule has 0 spiro atoms. The van der Waals surface area contributed by atoms with Crippen molar-refractivity contribution in [1.82, 2.24) is 14.7 Å². The molecular weight excluding hydrogens is 342 g/mol. The third-order valence-electron chi connectivity index (χ3n) is 6.07. The number of hydrogen-bond donors (Lipinski definition) is 1. The summed E-state index contributed by atoms with van der Waals surface area (Å²) in [6, 6.07) is 5.59. The Morgan fingerprint density at radius 2 is 1.96 bits per heavy atom. The van der Waals surface area contributed by atoms with Gasteiger partial charge in [-0.3, -0.25) is 4.79 Å². The van der Waals surface area contributed by atoms with E-state index in [2.05, 4.69) is 16.8 Å². The first-order chi connectivity index (χ1) is 13.0. The Hall–Kier alpha value is -1.63. The topological polar surface area (TPSA) is 56.2 Å². The van der Waals surface area contributed by atoms with Gasteiger partial charge in [0.2, 0.25) is 0 Å². The summed E-state index contributed by atoms with van der Waals surface area (Å²) in [6.07, 6.45) is 1.18. The molecule has 27 heavy (non-hydrogen) atoms. The summed E-state index contributed by atoms with van der Waals surface area (Å²) < 4.78 is 5.24. The zero-order valence-corrected chi connectivity index (χ0v) is 16.9. The number of nitrogens with zero attached hydrogens (tertiary/aromatic N) is 3. The molecule has 0 radical (unpaired) electrons. The van der Waals surface area contributed by atoms with Crippen LogP contribution in [0.4, 0.5) is 0 Å². The van der Waals surface area contributed by atoms with Crippen molar-refractivity contribution >= 4 is 5.91 Å². The number of likely N-dealkylation sites (tertiary alicyclic amines) is 1. The van der Waals surface area contributed by atoms with Gasteiger partial charge in [-0.05, 0) is 63.2 Å². The second-order valence-electron chi connectivity index (χ2n) is 8.05. The van der Waals surface area contributed by atoms with Crippen LogP contribution >= 0.6 is 0 Å². The van der Waals surface area contributed by atoms with Gasteiger partial charge in [-0.25, -0.2) is 0 Å². The predicted octanol–water partition coefficient (Wildman–Crippen LogP) is 1.32. The minimum Gasteiger partial charge on any atom is -0.497 e. The van der Waals surface area contributed by atoms with E-state index in [0.717, 1.165) is 56.1 Å². The van der Waals surface area contributed by atoms with E-state index in [1.54, 1.807) is 7.11 Å². The number of aliphatic hydroxyl groups excluding tert-OH is 1. The maximum Gasteiger partial charge on any atom is 0.254 e. The fraction of sp³-hybridized carbons (Fsp3) is 0.667. The molecule has 0 aromatic heterocycles. The number of benzene rings is 1. The van der Waals surface area contributed by atoms with Crippen LogP contribution in [0, 0.1) is 18.8 Å². The molecule has 2 atom stereocenters. The molecule has 2 saturated heterocycles. The first kappa shape index (κ1) is 20.1. The molecule has 2 aliphatic rings. The normalized spacial score (nSPS) is 24.8. The second-order valence-corrected chi connectivity index (χ2v) is 8.05. The molecule has 2 heterocycles. The Bertz CT molecular complexity index is 652. The Labute approximate surface area is 162 Å². The van der Waals surface area contributed by atoms with Crippen molar-refractivity contribution in [3.05, 3.63) is 29.3 Å². The quantitative estimate of drug-likeness (QED) is 0.841. The van der Waals surface area contributed by atoms with Gasteiger partial charge in [-0.15, -0.1) is 0 Å². The van der Waals surface area contributed by atoms with E-state index in [1.807, 2.05) is 30.0 Å². The van der Waals surface area contributed by atoms with Crippen LogP contribution in [-0.4, -0.2) is 92.3 Å². The van der Waals surface area contributed by atoms with Gasteiger partial charge in [0.15, 0.2) is 0 Å². The van der Waals surface area contributed by atoms with Gasteiger partial charge in [0.05, 0.1) is 7.11 Å². The van der Waals surface area contributed by atoms with Gasteiger partial charge in [-0.1, -0.05) is 0 Å². The highest BCUT2D eigenvalue weighted by Gasteiger charge is 2.36. The molecule has 0 saturated carbocycles. The summed E-state index contributed by atoms with van der Waals surface area (Å²) >= 11 is 0. The van der Waals surface area contributed by atoms with Gasteiger partial charge in [0.1, 0.15) is 5.75 Å². The van der Waals surface area contributed by atoms with Gasteiger partial charge in [-0.2, -0.15) is 0 Å². The lowest BCUT2D eigenvalue weighted by Gasteiger charge is -2.26. The lowest BCUT2D eigenvalue weighted by Crippen LogP contribution is -2.36. The van der Waals surface area contributed by atoms with Crippen molar-refractivity contribution < 1.29 is 14.6 Å². The molecule has 0 bridgehead atoms. The minimum atomic E-state index is 0.0618. The molecule has 6 heteroatoms. The molecule has 2 aliphatic heterocycles. The molecule has 1 aromatic carbocycles. The van der Waals surface area contributed by atoms with Crippen LogP contribution < -0.4 is 4.74 Å². The van der Waals surface area contributed by atoms with Crippen LogP contribution in [0.1, 0.15) is 22.3 Å². The van der Waals surface area contributed by atoms with E-state index in [-0.39, 0.29) is 18.4 Å². The third kappa shape index (κ3) is 4.81. The maximum absolute atomic E-state index is 13.0. The highest BCUT2D eigenvalue weighted by molar-refractivity contribution is 5.96. The van der Waals surface area contributed by atoms with Crippen LogP contribution in [0.25, 0.3) is 0 Å². The predicted molar refractivity (Wildman–Crippen MR) is 106 cm³/mol. The highest BCUT2D eigenvalue weighted by atomic mass is 16.5. The van der Waals surface area contributed by atoms with E-state index >= 15 is 0 Å². The van der Waals surface area contributed by atoms with Crippen molar-refractivity contribution in [3.63, 3.8) is 0 Å². The monoisotopic (exact) mass is 375 g/mol. The number of carbonyl (C=O) groups is 1. The first-order valence-electron chi connectivity index (χ1n) is 9.97. The van der Waals surface area contributed by atoms with Gasteiger partial charge in [0, 0.05) is 50.8 Å². The van der Waals surface area contributed by atoms with Crippen molar-refractivity contribution in [2.75, 3.05) is 66.6 Å². The number of hydrogen-bond acceptors (Lipinski definition) is 5. The Morgan fingerprint density at radius 3 is 2.67 bits per heavy atom. The molecule has 1 N–H and O–H groups in total. The van der Waals surface area contributed by atoms with E-state index in [0.29, 0.717) is 12.5 Å². The van der Waals surface area contributed by atoms with Gasteiger partial charge in [0.25, 0.3) is 5.91 Å². The first-order valence-corrected chi connectivity index (χ1v) is 9.97. The van der Waals surface area contributed by atoms with Crippen molar-refractivity contribution in [2.24, 2.45) is 11.8 Å². The molecule has 0 aliphatic carbocycles. The molecule has 3 rings (SSSR count). The lowest BCUT2D eigenvalue weighted by atomic mass is 9.96. The second kappa shape index (κ2) is 9.04. The summed E-state index contributed by atoms with van der Waals surface area (Å²) in [5.41, 5.74) is 1.66. The smallest absolute Gasteiger partial charge is 0.254 e. The number of methoxy groups -OCH3 is 1. The largest absolute Gasteiger partial charge is 0.497 e. The fourth-order valence-electron chi connectivity index (χ4n) is 4.31. The molecule has 1 aromatic rings. The number of likely N-dealkylation sites (N-methyl/N-ethyl adjacent to an activating group) is 1. The van der Waals surface area contributed by atoms with E-state index in [1.165, 1.54) is 6.42 Å². The summed E-state index contributed by atoms with van der Waals surface area (Å²) in [6.45, 7) is 8.81. The number of carbonyl (C=O) groups excluding carboxylic acids is 1. The summed E-state index contributed by atoms with van der Waals surface area (Å²) in [7, 11) is 3.81. The molecule has 6 nitrogen and oxygen atoms in total. The average molecular weight is 376 g/mol. The molecule has 2 fully saturated rings. The molecule has 1 amide bonds. The zero-order chi connectivity index (χ0) is 19.4. The average Bonchev–Trinajstić information content (AvgIpc) is 2.96. The van der Waals surface area contributed by atoms with Gasteiger partial charge >= 0.3 is 0 Å². The highest BCUT2D eigenvalue weighted by Crippen LogP contribution is 2.27. The van der Waals surface area contributed by atoms with Crippen LogP contribution in [0.3, 0.4) is 0 Å². The number of amides is 1. The Kier molecular flexibility index (Phi) is 6.73. The van der Waals surface area contributed by atoms with Crippen LogP contribution in [0.5, 0.6) is 5.75 Å². The van der Waals surface area contributed by atoms with Crippen molar-refractivity contribution in [2.45, 2.75) is 13.3 Å². The molecular formula is C21H33N3O3. The summed E-state index contributed by atoms with van der Waals surface area (Å²) in [5.74, 6) is 1.32. The Balaban J connectivity index is 1.65. The summed E-state index contributed by atoms with van der Waals surface area (Å²) in [5, 5.41) is 9.88. The number of aryl methyl sites for hydroxylation is 1. The van der Waals surface area contributed by atoms with E-state index < -0.39 is 0 Å². The summed E-state index contributed by atoms with van der Waals surface area (Å²) in [4.78, 5) is 19.8. The lowest BCUT2D eigenvalue weighted by molar-refractivity contribution is 0.0778. The van der Waals surface area contributed by atoms with E-state index in [4.69, 9.17) is 4.74 Å². The van der Waals surface area contributed by atoms with Crippen molar-refractivity contribution in [3.8, 4) is 5.75 Å². The van der Waals surface area contributed by atoms with Gasteiger partial charge < -0.3 is 24.5 Å². The maximum atomic E-state index is 13.0. The standard InChI is InChI=1S/C21H33N3O3/c1-16-11-19(27-3)5-6-20(16)21(26)24-13-17(18(14-24)15-25)12-23-8-4-7-22(2)9-10-23/h5-6,11,17-18,25H,4,7-10,12-15H2,1-3H3/t17-,18-/m1/s1. The van der Waals surface area contributed by atoms with Crippen LogP contribution in [-0.2, 0) is 0 Å². The fourth-order valence-corrected chi connectivity index (χ4v) is 4.31. The third-order valence-corrected chi connectivity index (χ3v) is 6.07. The SMILES string of the molecule is COc1ccc(C(=O)N2C[C@@H](CN3CCCN(C)CC3)[C@@H](CO)C2)c(C)c1. The minimum absolute atomic E-state index is 0.0618. The van der Waals surface area contributed by atoms with Crippen LogP contribution in [0.2, 0.25) is 0 Å². The Morgan fingerprint density at radius 1 is 1.19 bits per heavy atom. The van der Waals surface area contributed by atoms with E-state index in [9.17, 15) is 9.90 Å². The van der Waals surface area contributed by atoms with Crippen molar-refractivity contribution in [1.29, 1.82) is 0 Å². The number of aliphatic hydroxyl groups is 1. The zero-order valence-electron chi connectivity index (χ0n) is 16.9.